The summed E-state index contributed by atoms with van der Waals surface area (Å²) in [5.41, 5.74) is 1.83. The molecule has 10 heteroatoms. The summed E-state index contributed by atoms with van der Waals surface area (Å²) in [5, 5.41) is 4.71. The van der Waals surface area contributed by atoms with Crippen molar-refractivity contribution in [3.8, 4) is 23.1 Å². The van der Waals surface area contributed by atoms with Crippen molar-refractivity contribution in [3.63, 3.8) is 0 Å². The van der Waals surface area contributed by atoms with Gasteiger partial charge in [0, 0.05) is 19.7 Å². The third-order valence-corrected chi connectivity index (χ3v) is 5.71. The van der Waals surface area contributed by atoms with E-state index in [1.54, 1.807) is 55.5 Å². The number of ether oxygens (including phenoxy) is 3. The number of furan rings is 1. The van der Waals surface area contributed by atoms with Crippen molar-refractivity contribution in [1.29, 1.82) is 0 Å². The molecule has 0 aliphatic carbocycles. The number of rotatable bonds is 11. The van der Waals surface area contributed by atoms with Crippen LogP contribution in [0.1, 0.15) is 28.7 Å². The van der Waals surface area contributed by atoms with Crippen molar-refractivity contribution in [1.82, 2.24) is 14.7 Å². The van der Waals surface area contributed by atoms with Crippen LogP contribution in [-0.2, 0) is 17.7 Å². The Morgan fingerprint density at radius 3 is 2.51 bits per heavy atom. The molecule has 0 unspecified atom stereocenters. The normalized spacial score (nSPS) is 10.9. The molecule has 194 valence electrons. The van der Waals surface area contributed by atoms with Gasteiger partial charge in [0.05, 0.1) is 43.5 Å². The maximum atomic E-state index is 14.6. The molecule has 2 heterocycles. The molecular formula is C27H27F2N3O5. The van der Waals surface area contributed by atoms with E-state index in [4.69, 9.17) is 23.7 Å². The molecule has 0 aliphatic heterocycles. The maximum absolute atomic E-state index is 14.6. The van der Waals surface area contributed by atoms with Gasteiger partial charge in [-0.05, 0) is 55.0 Å². The van der Waals surface area contributed by atoms with Gasteiger partial charge in [0.15, 0.2) is 17.3 Å². The summed E-state index contributed by atoms with van der Waals surface area (Å²) in [6.45, 7) is 2.54. The minimum Gasteiger partial charge on any atom is -0.497 e. The van der Waals surface area contributed by atoms with Crippen molar-refractivity contribution < 1.29 is 32.2 Å². The Bertz CT molecular complexity index is 1340. The fourth-order valence-corrected chi connectivity index (χ4v) is 3.79. The van der Waals surface area contributed by atoms with Crippen LogP contribution in [0.3, 0.4) is 0 Å². The molecule has 1 amide bonds. The van der Waals surface area contributed by atoms with Gasteiger partial charge in [0.2, 0.25) is 5.88 Å². The predicted molar refractivity (Wildman–Crippen MR) is 131 cm³/mol. The first kappa shape index (κ1) is 25.9. The molecule has 0 saturated carbocycles. The number of aromatic nitrogens is 2. The summed E-state index contributed by atoms with van der Waals surface area (Å²) in [6, 6.07) is 13.3. The lowest BCUT2D eigenvalue weighted by atomic mass is 10.1. The van der Waals surface area contributed by atoms with Gasteiger partial charge in [-0.15, -0.1) is 0 Å². The van der Waals surface area contributed by atoms with Crippen LogP contribution in [0.4, 0.5) is 8.78 Å². The van der Waals surface area contributed by atoms with E-state index in [9.17, 15) is 13.6 Å². The van der Waals surface area contributed by atoms with Crippen molar-refractivity contribution in [3.05, 3.63) is 89.5 Å². The second-order valence-corrected chi connectivity index (χ2v) is 8.07. The number of carbonyl (C=O) groups is 1. The van der Waals surface area contributed by atoms with E-state index in [-0.39, 0.29) is 43.0 Å². The van der Waals surface area contributed by atoms with E-state index in [2.05, 4.69) is 0 Å². The number of amides is 1. The van der Waals surface area contributed by atoms with Crippen LogP contribution >= 0.6 is 0 Å². The fraction of sp³-hybridized carbons (Fsp3) is 0.259. The minimum atomic E-state index is -0.866. The average Bonchev–Trinajstić information content (AvgIpc) is 3.56. The number of aryl methyl sites for hydroxylation is 1. The predicted octanol–water partition coefficient (Wildman–Crippen LogP) is 5.40. The van der Waals surface area contributed by atoms with Crippen molar-refractivity contribution in [2.24, 2.45) is 0 Å². The van der Waals surface area contributed by atoms with Crippen molar-refractivity contribution >= 4 is 5.91 Å². The Balaban J connectivity index is 1.81. The second kappa shape index (κ2) is 11.7. The first-order valence-corrected chi connectivity index (χ1v) is 11.6. The van der Waals surface area contributed by atoms with Gasteiger partial charge in [-0.2, -0.15) is 5.10 Å². The minimum absolute atomic E-state index is 0.0837. The van der Waals surface area contributed by atoms with E-state index < -0.39 is 11.6 Å². The summed E-state index contributed by atoms with van der Waals surface area (Å²) in [5.74, 6) is -1.10. The fourth-order valence-electron chi connectivity index (χ4n) is 3.79. The zero-order chi connectivity index (χ0) is 26.4. The molecule has 0 spiro atoms. The van der Waals surface area contributed by atoms with Crippen molar-refractivity contribution in [2.75, 3.05) is 27.4 Å². The smallest absolute Gasteiger partial charge is 0.289 e. The molecule has 4 aromatic rings. The first-order valence-electron chi connectivity index (χ1n) is 11.6. The molecule has 0 saturated heterocycles. The van der Waals surface area contributed by atoms with Crippen LogP contribution in [0.15, 0.2) is 65.3 Å². The molecule has 0 aliphatic rings. The van der Waals surface area contributed by atoms with Gasteiger partial charge in [-0.1, -0.05) is 6.92 Å². The molecular weight excluding hydrogens is 484 g/mol. The van der Waals surface area contributed by atoms with Crippen LogP contribution in [-0.4, -0.2) is 48.0 Å². The average molecular weight is 512 g/mol. The van der Waals surface area contributed by atoms with Gasteiger partial charge < -0.3 is 23.5 Å². The Labute approximate surface area is 213 Å². The third kappa shape index (κ3) is 5.80. The molecule has 0 bridgehead atoms. The van der Waals surface area contributed by atoms with Gasteiger partial charge in [-0.3, -0.25) is 4.79 Å². The van der Waals surface area contributed by atoms with Gasteiger partial charge in [-0.25, -0.2) is 13.5 Å². The van der Waals surface area contributed by atoms with Crippen LogP contribution in [0.5, 0.6) is 17.4 Å². The molecule has 2 aromatic carbocycles. The standard InChI is InChI=1S/C27H27F2N3O5/c1-4-23-21(17-31(13-15-34-2)26(33)25-6-5-14-36-25)27(37-24-12-7-18(28)16-22(24)29)32(30-23)19-8-10-20(35-3)11-9-19/h5-12,14,16H,4,13,15,17H2,1-3H3. The zero-order valence-corrected chi connectivity index (χ0v) is 20.7. The highest BCUT2D eigenvalue weighted by atomic mass is 19.1. The van der Waals surface area contributed by atoms with E-state index in [1.807, 2.05) is 6.92 Å². The summed E-state index contributed by atoms with van der Waals surface area (Å²) < 4.78 is 51.5. The Morgan fingerprint density at radius 1 is 1.11 bits per heavy atom. The molecule has 4 rings (SSSR count). The Hall–Kier alpha value is -4.18. The van der Waals surface area contributed by atoms with Gasteiger partial charge in [0.25, 0.3) is 5.91 Å². The highest BCUT2D eigenvalue weighted by Gasteiger charge is 2.27. The second-order valence-electron chi connectivity index (χ2n) is 8.07. The van der Waals surface area contributed by atoms with E-state index in [0.717, 1.165) is 12.1 Å². The number of hydrogen-bond donors (Lipinski definition) is 0. The Morgan fingerprint density at radius 2 is 1.89 bits per heavy atom. The number of hydrogen-bond acceptors (Lipinski definition) is 6. The molecule has 0 fully saturated rings. The Kier molecular flexibility index (Phi) is 8.19. The van der Waals surface area contributed by atoms with E-state index in [0.29, 0.717) is 29.1 Å². The molecule has 0 radical (unpaired) electrons. The zero-order valence-electron chi connectivity index (χ0n) is 20.7. The van der Waals surface area contributed by atoms with Crippen LogP contribution in [0.25, 0.3) is 5.69 Å². The molecule has 0 N–H and O–H groups in total. The monoisotopic (exact) mass is 511 g/mol. The number of benzene rings is 2. The summed E-state index contributed by atoms with van der Waals surface area (Å²) in [4.78, 5) is 14.8. The lowest BCUT2D eigenvalue weighted by Crippen LogP contribution is -2.33. The third-order valence-electron chi connectivity index (χ3n) is 5.71. The molecule has 8 nitrogen and oxygen atoms in total. The van der Waals surface area contributed by atoms with E-state index >= 15 is 0 Å². The lowest BCUT2D eigenvalue weighted by molar-refractivity contribution is 0.0648. The summed E-state index contributed by atoms with van der Waals surface area (Å²) in [7, 11) is 3.10. The summed E-state index contributed by atoms with van der Waals surface area (Å²) in [6.07, 6.45) is 1.93. The highest BCUT2D eigenvalue weighted by Crippen LogP contribution is 2.34. The molecule has 2 aromatic heterocycles. The van der Waals surface area contributed by atoms with E-state index in [1.165, 1.54) is 17.0 Å². The SMILES string of the molecule is CCc1nn(-c2ccc(OC)cc2)c(Oc2ccc(F)cc2F)c1CN(CCOC)C(=O)c1ccco1. The lowest BCUT2D eigenvalue weighted by Gasteiger charge is -2.22. The summed E-state index contributed by atoms with van der Waals surface area (Å²) >= 11 is 0. The van der Waals surface area contributed by atoms with Crippen LogP contribution < -0.4 is 9.47 Å². The number of carbonyl (C=O) groups excluding carboxylic acids is 1. The largest absolute Gasteiger partial charge is 0.497 e. The van der Waals surface area contributed by atoms with Crippen LogP contribution in [0.2, 0.25) is 0 Å². The number of methoxy groups -OCH3 is 2. The topological polar surface area (TPSA) is 79.0 Å². The van der Waals surface area contributed by atoms with Gasteiger partial charge in [0.1, 0.15) is 11.6 Å². The number of halogens is 2. The quantitative estimate of drug-likeness (QED) is 0.269. The molecule has 0 atom stereocenters. The van der Waals surface area contributed by atoms with Gasteiger partial charge >= 0.3 is 0 Å². The van der Waals surface area contributed by atoms with Crippen molar-refractivity contribution in [2.45, 2.75) is 19.9 Å². The highest BCUT2D eigenvalue weighted by molar-refractivity contribution is 5.91. The molecule has 37 heavy (non-hydrogen) atoms. The first-order chi connectivity index (χ1) is 17.9. The van der Waals surface area contributed by atoms with Crippen LogP contribution in [0, 0.1) is 11.6 Å². The number of nitrogens with zero attached hydrogens (tertiary/aromatic N) is 3. The maximum Gasteiger partial charge on any atom is 0.289 e.